The van der Waals surface area contributed by atoms with Gasteiger partial charge in [-0.05, 0) is 13.0 Å². The normalized spacial score (nSPS) is 10.8. The van der Waals surface area contributed by atoms with Crippen LogP contribution in [0.5, 0.6) is 5.06 Å². The van der Waals surface area contributed by atoms with Gasteiger partial charge in [0.25, 0.3) is 0 Å². The van der Waals surface area contributed by atoms with Gasteiger partial charge in [-0.15, -0.1) is 0 Å². The molecular formula is C8H9NO2S. The summed E-state index contributed by atoms with van der Waals surface area (Å²) in [4.78, 5) is 5.28. The van der Waals surface area contributed by atoms with Gasteiger partial charge in [0.05, 0.1) is 4.70 Å². The molecule has 0 aliphatic carbocycles. The molecule has 1 N–H and O–H groups in total. The van der Waals surface area contributed by atoms with Crippen LogP contribution in [0.3, 0.4) is 0 Å². The van der Waals surface area contributed by atoms with Crippen LogP contribution in [0, 0.1) is 0 Å². The molecule has 2 aromatic rings. The Labute approximate surface area is 73.8 Å². The van der Waals surface area contributed by atoms with E-state index in [1.54, 1.807) is 10.8 Å². The highest BCUT2D eigenvalue weighted by Crippen LogP contribution is 2.30. The van der Waals surface area contributed by atoms with Gasteiger partial charge >= 0.3 is 0 Å². The van der Waals surface area contributed by atoms with Crippen molar-refractivity contribution in [1.82, 2.24) is 4.73 Å². The second kappa shape index (κ2) is 2.71. The molecule has 4 heteroatoms. The molecular weight excluding hydrogens is 174 g/mol. The highest BCUT2D eigenvalue weighted by atomic mass is 32.1. The van der Waals surface area contributed by atoms with E-state index in [4.69, 9.17) is 4.84 Å². The predicted molar refractivity (Wildman–Crippen MR) is 48.6 cm³/mol. The van der Waals surface area contributed by atoms with E-state index >= 15 is 0 Å². The van der Waals surface area contributed by atoms with Crippen LogP contribution in [0.15, 0.2) is 18.3 Å². The van der Waals surface area contributed by atoms with Crippen molar-refractivity contribution in [3.8, 4) is 5.06 Å². The van der Waals surface area contributed by atoms with Gasteiger partial charge in [0.1, 0.15) is 12.1 Å². The summed E-state index contributed by atoms with van der Waals surface area (Å²) < 4.78 is 2.71. The van der Waals surface area contributed by atoms with Gasteiger partial charge in [-0.2, -0.15) is 4.73 Å². The predicted octanol–water partition coefficient (Wildman–Crippen LogP) is 1.86. The maximum Gasteiger partial charge on any atom is 0.173 e. The number of fused-ring (bicyclic) bond motifs is 1. The summed E-state index contributed by atoms with van der Waals surface area (Å²) >= 11 is 1.35. The number of thiophene rings is 1. The molecule has 0 radical (unpaired) electrons. The SMILES string of the molecule is CCOn1ccc2sc(O)cc21. The largest absolute Gasteiger partial charge is 0.499 e. The number of hydrogen-bond acceptors (Lipinski definition) is 3. The lowest BCUT2D eigenvalue weighted by atomic mass is 10.5. The molecule has 0 aliphatic rings. The van der Waals surface area contributed by atoms with Crippen molar-refractivity contribution < 1.29 is 9.94 Å². The van der Waals surface area contributed by atoms with Gasteiger partial charge in [-0.3, -0.25) is 0 Å². The molecule has 0 aromatic carbocycles. The maximum absolute atomic E-state index is 9.19. The average molecular weight is 183 g/mol. The molecule has 2 aromatic heterocycles. The van der Waals surface area contributed by atoms with Gasteiger partial charge in [-0.1, -0.05) is 11.3 Å². The van der Waals surface area contributed by atoms with Crippen molar-refractivity contribution in [2.24, 2.45) is 0 Å². The fourth-order valence-corrected chi connectivity index (χ4v) is 1.92. The van der Waals surface area contributed by atoms with Crippen molar-refractivity contribution >= 4 is 21.6 Å². The van der Waals surface area contributed by atoms with Gasteiger partial charge in [0.2, 0.25) is 0 Å². The fourth-order valence-electron chi connectivity index (χ4n) is 1.14. The van der Waals surface area contributed by atoms with E-state index in [0.29, 0.717) is 11.7 Å². The topological polar surface area (TPSA) is 34.4 Å². The van der Waals surface area contributed by atoms with Crippen LogP contribution in [0.25, 0.3) is 10.2 Å². The van der Waals surface area contributed by atoms with E-state index < -0.39 is 0 Å². The summed E-state index contributed by atoms with van der Waals surface area (Å²) in [5, 5.41) is 9.52. The summed E-state index contributed by atoms with van der Waals surface area (Å²) in [7, 11) is 0. The standard InChI is InChI=1S/C8H9NO2S/c1-2-11-9-4-3-7-6(9)5-8(10)12-7/h3-5,10H,2H2,1H3. The van der Waals surface area contributed by atoms with Crippen molar-refractivity contribution in [2.75, 3.05) is 6.61 Å². The summed E-state index contributed by atoms with van der Waals surface area (Å²) in [6, 6.07) is 3.63. The van der Waals surface area contributed by atoms with E-state index in [-0.39, 0.29) is 0 Å². The molecule has 0 atom stereocenters. The summed E-state index contributed by atoms with van der Waals surface area (Å²) in [6.07, 6.45) is 1.85. The number of rotatable bonds is 2. The Balaban J connectivity index is 2.53. The monoisotopic (exact) mass is 183 g/mol. The smallest absolute Gasteiger partial charge is 0.173 e. The third kappa shape index (κ3) is 1.04. The second-order valence-electron chi connectivity index (χ2n) is 2.39. The first kappa shape index (κ1) is 7.49. The highest BCUT2D eigenvalue weighted by molar-refractivity contribution is 7.20. The van der Waals surface area contributed by atoms with Crippen LogP contribution in [-0.4, -0.2) is 16.4 Å². The molecule has 64 valence electrons. The third-order valence-corrected chi connectivity index (χ3v) is 2.49. The minimum atomic E-state index is 0.328. The minimum absolute atomic E-state index is 0.328. The molecule has 0 unspecified atom stereocenters. The number of aromatic nitrogens is 1. The van der Waals surface area contributed by atoms with Crippen LogP contribution in [-0.2, 0) is 0 Å². The lowest BCUT2D eigenvalue weighted by Gasteiger charge is -2.02. The van der Waals surface area contributed by atoms with E-state index in [1.165, 1.54) is 11.3 Å². The molecule has 0 saturated carbocycles. The molecule has 0 fully saturated rings. The van der Waals surface area contributed by atoms with Crippen LogP contribution in [0.2, 0.25) is 0 Å². The van der Waals surface area contributed by atoms with Gasteiger partial charge < -0.3 is 9.94 Å². The van der Waals surface area contributed by atoms with Crippen LogP contribution in [0.4, 0.5) is 0 Å². The minimum Gasteiger partial charge on any atom is -0.499 e. The molecule has 0 saturated heterocycles. The Kier molecular flexibility index (Phi) is 1.69. The zero-order valence-electron chi connectivity index (χ0n) is 6.65. The summed E-state index contributed by atoms with van der Waals surface area (Å²) in [5.41, 5.74) is 0.930. The Morgan fingerprint density at radius 1 is 1.67 bits per heavy atom. The first-order valence-electron chi connectivity index (χ1n) is 3.74. The van der Waals surface area contributed by atoms with Crippen LogP contribution in [0.1, 0.15) is 6.92 Å². The molecule has 0 bridgehead atoms. The van der Waals surface area contributed by atoms with Gasteiger partial charge in [0.15, 0.2) is 5.06 Å². The Morgan fingerprint density at radius 3 is 3.25 bits per heavy atom. The lowest BCUT2D eigenvalue weighted by molar-refractivity contribution is 0.132. The zero-order valence-corrected chi connectivity index (χ0v) is 7.47. The fraction of sp³-hybridized carbons (Fsp3) is 0.250. The Bertz CT molecular complexity index is 391. The first-order chi connectivity index (χ1) is 5.81. The zero-order chi connectivity index (χ0) is 8.55. The molecule has 0 amide bonds. The van der Waals surface area contributed by atoms with Gasteiger partial charge in [0, 0.05) is 12.3 Å². The highest BCUT2D eigenvalue weighted by Gasteiger charge is 2.05. The Morgan fingerprint density at radius 2 is 2.50 bits per heavy atom. The van der Waals surface area contributed by atoms with Crippen molar-refractivity contribution in [1.29, 1.82) is 0 Å². The number of hydrogen-bond donors (Lipinski definition) is 1. The van der Waals surface area contributed by atoms with Crippen molar-refractivity contribution in [2.45, 2.75) is 6.92 Å². The number of nitrogens with zero attached hydrogens (tertiary/aromatic N) is 1. The molecule has 0 aliphatic heterocycles. The van der Waals surface area contributed by atoms with E-state index in [0.717, 1.165) is 10.2 Å². The molecule has 12 heavy (non-hydrogen) atoms. The van der Waals surface area contributed by atoms with E-state index in [9.17, 15) is 5.11 Å². The van der Waals surface area contributed by atoms with E-state index in [1.807, 2.05) is 19.2 Å². The number of aromatic hydroxyl groups is 1. The van der Waals surface area contributed by atoms with Crippen LogP contribution < -0.4 is 4.84 Å². The second-order valence-corrected chi connectivity index (χ2v) is 3.46. The lowest BCUT2D eigenvalue weighted by Crippen LogP contribution is -2.07. The molecule has 0 spiro atoms. The molecule has 2 heterocycles. The molecule has 2 rings (SSSR count). The van der Waals surface area contributed by atoms with Gasteiger partial charge in [-0.25, -0.2) is 0 Å². The Hall–Kier alpha value is -1.16. The summed E-state index contributed by atoms with van der Waals surface area (Å²) in [5.74, 6) is 0. The molecule has 3 nitrogen and oxygen atoms in total. The summed E-state index contributed by atoms with van der Waals surface area (Å²) in [6.45, 7) is 2.55. The average Bonchev–Trinajstić information content (AvgIpc) is 2.52. The maximum atomic E-state index is 9.19. The quantitative estimate of drug-likeness (QED) is 0.771. The van der Waals surface area contributed by atoms with Crippen molar-refractivity contribution in [3.05, 3.63) is 18.3 Å². The third-order valence-electron chi connectivity index (χ3n) is 1.59. The van der Waals surface area contributed by atoms with Crippen LogP contribution >= 0.6 is 11.3 Å². The van der Waals surface area contributed by atoms with E-state index in [2.05, 4.69) is 0 Å². The van der Waals surface area contributed by atoms with Crippen molar-refractivity contribution in [3.63, 3.8) is 0 Å². The first-order valence-corrected chi connectivity index (χ1v) is 4.56.